The van der Waals surface area contributed by atoms with E-state index in [1.54, 1.807) is 10.9 Å². The second-order valence-corrected chi connectivity index (χ2v) is 9.82. The van der Waals surface area contributed by atoms with Gasteiger partial charge in [0.1, 0.15) is 28.4 Å². The minimum absolute atomic E-state index is 0.0861. The fourth-order valence-corrected chi connectivity index (χ4v) is 5.53. The van der Waals surface area contributed by atoms with E-state index in [9.17, 15) is 4.79 Å². The number of nitrogens with two attached hydrogens (primary N) is 1. The summed E-state index contributed by atoms with van der Waals surface area (Å²) in [5.41, 5.74) is 11.5. The lowest BCUT2D eigenvalue weighted by Crippen LogP contribution is -2.44. The summed E-state index contributed by atoms with van der Waals surface area (Å²) < 4.78 is 5.82. The number of hydrogen-bond acceptors (Lipinski definition) is 6. The van der Waals surface area contributed by atoms with Gasteiger partial charge in [0, 0.05) is 39.8 Å². The van der Waals surface area contributed by atoms with Gasteiger partial charge in [-0.05, 0) is 30.5 Å². The topological polar surface area (TPSA) is 98.9 Å². The van der Waals surface area contributed by atoms with Gasteiger partial charge in [-0.2, -0.15) is 0 Å². The van der Waals surface area contributed by atoms with E-state index in [2.05, 4.69) is 26.9 Å². The monoisotopic (exact) mass is 496 g/mol. The molecule has 37 heavy (non-hydrogen) atoms. The number of para-hydroxylation sites is 2. The Morgan fingerprint density at radius 3 is 2.62 bits per heavy atom. The van der Waals surface area contributed by atoms with Crippen LogP contribution in [0.4, 0.5) is 11.5 Å². The van der Waals surface area contributed by atoms with Gasteiger partial charge in [0.05, 0.1) is 23.9 Å². The largest absolute Gasteiger partial charge is 0.383 e. The van der Waals surface area contributed by atoms with Crippen molar-refractivity contribution in [1.29, 1.82) is 0 Å². The predicted molar refractivity (Wildman–Crippen MR) is 148 cm³/mol. The van der Waals surface area contributed by atoms with Gasteiger partial charge in [0.2, 0.25) is 0 Å². The number of fused-ring (bicyclic) bond motifs is 2. The minimum Gasteiger partial charge on any atom is -0.383 e. The van der Waals surface area contributed by atoms with Gasteiger partial charge in [0.15, 0.2) is 0 Å². The maximum atomic E-state index is 14.1. The zero-order valence-electron chi connectivity index (χ0n) is 21.3. The molecule has 3 aromatic heterocycles. The highest BCUT2D eigenvalue weighted by Crippen LogP contribution is 2.37. The average Bonchev–Trinajstić information content (AvgIpc) is 3.40. The molecule has 1 saturated heterocycles. The molecule has 0 saturated carbocycles. The standard InChI is InChI=1S/C28H32N8O/c1-30-25-24-26(28(37)35(18-31-24)17-23-32-21-12-6-7-13-22(21)33(23)2)36(15-19-9-4-3-5-10-19)27(25)34-14-8-11-20(29)16-34/h3-7,9-10,12-13,18,20,30H,8,11,14-17,29H2,1-2H3/t20-/m0/s1. The highest BCUT2D eigenvalue weighted by Gasteiger charge is 2.28. The molecule has 0 spiro atoms. The Bertz CT molecular complexity index is 1630. The van der Waals surface area contributed by atoms with Gasteiger partial charge in [-0.1, -0.05) is 42.5 Å². The Labute approximate surface area is 215 Å². The molecule has 1 aliphatic heterocycles. The van der Waals surface area contributed by atoms with Gasteiger partial charge in [-0.25, -0.2) is 9.97 Å². The second-order valence-electron chi connectivity index (χ2n) is 9.82. The quantitative estimate of drug-likeness (QED) is 0.375. The molecule has 0 aliphatic carbocycles. The van der Waals surface area contributed by atoms with Gasteiger partial charge in [-0.3, -0.25) is 9.36 Å². The Kier molecular flexibility index (Phi) is 5.92. The lowest BCUT2D eigenvalue weighted by molar-refractivity contribution is 0.499. The number of rotatable bonds is 6. The average molecular weight is 497 g/mol. The summed E-state index contributed by atoms with van der Waals surface area (Å²) in [5, 5.41) is 3.35. The Morgan fingerprint density at radius 1 is 1.08 bits per heavy atom. The summed E-state index contributed by atoms with van der Waals surface area (Å²) in [6, 6.07) is 18.3. The lowest BCUT2D eigenvalue weighted by Gasteiger charge is -2.34. The van der Waals surface area contributed by atoms with E-state index in [-0.39, 0.29) is 11.6 Å². The summed E-state index contributed by atoms with van der Waals surface area (Å²) in [5.74, 6) is 1.78. The molecule has 9 heteroatoms. The van der Waals surface area contributed by atoms with Crippen LogP contribution in [0.25, 0.3) is 22.1 Å². The van der Waals surface area contributed by atoms with Crippen LogP contribution in [0.3, 0.4) is 0 Å². The normalized spacial score (nSPS) is 16.1. The maximum absolute atomic E-state index is 14.1. The number of benzene rings is 2. The number of piperidine rings is 1. The van der Waals surface area contributed by atoms with Crippen LogP contribution in [0, 0.1) is 0 Å². The molecule has 0 bridgehead atoms. The van der Waals surface area contributed by atoms with Gasteiger partial charge in [-0.15, -0.1) is 0 Å². The molecule has 0 unspecified atom stereocenters. The van der Waals surface area contributed by atoms with Crippen LogP contribution in [0.1, 0.15) is 24.2 Å². The zero-order valence-corrected chi connectivity index (χ0v) is 21.3. The van der Waals surface area contributed by atoms with Crippen LogP contribution in [-0.4, -0.2) is 49.8 Å². The van der Waals surface area contributed by atoms with Crippen LogP contribution < -0.4 is 21.5 Å². The molecule has 190 valence electrons. The maximum Gasteiger partial charge on any atom is 0.278 e. The van der Waals surface area contributed by atoms with E-state index in [4.69, 9.17) is 15.7 Å². The van der Waals surface area contributed by atoms with E-state index in [0.29, 0.717) is 24.1 Å². The summed E-state index contributed by atoms with van der Waals surface area (Å²) in [4.78, 5) is 26.0. The molecule has 0 radical (unpaired) electrons. The van der Waals surface area contributed by atoms with E-state index in [1.807, 2.05) is 61.1 Å². The van der Waals surface area contributed by atoms with E-state index in [0.717, 1.165) is 59.9 Å². The first-order valence-electron chi connectivity index (χ1n) is 12.8. The third-order valence-corrected chi connectivity index (χ3v) is 7.38. The van der Waals surface area contributed by atoms with Crippen molar-refractivity contribution in [3.05, 3.63) is 82.7 Å². The van der Waals surface area contributed by atoms with Crippen molar-refractivity contribution in [3.63, 3.8) is 0 Å². The number of nitrogens with zero attached hydrogens (tertiary/aromatic N) is 6. The van der Waals surface area contributed by atoms with Crippen LogP contribution >= 0.6 is 0 Å². The smallest absolute Gasteiger partial charge is 0.278 e. The molecule has 9 nitrogen and oxygen atoms in total. The fourth-order valence-electron chi connectivity index (χ4n) is 5.53. The molecule has 0 amide bonds. The molecule has 5 aromatic rings. The summed E-state index contributed by atoms with van der Waals surface area (Å²) in [7, 11) is 3.87. The predicted octanol–water partition coefficient (Wildman–Crippen LogP) is 3.15. The molecule has 1 aliphatic rings. The number of aryl methyl sites for hydroxylation is 1. The Hall–Kier alpha value is -4.11. The van der Waals surface area contributed by atoms with Crippen LogP contribution in [0.15, 0.2) is 65.7 Å². The third kappa shape index (κ3) is 4.05. The van der Waals surface area contributed by atoms with Crippen LogP contribution in [0.2, 0.25) is 0 Å². The van der Waals surface area contributed by atoms with Crippen molar-refractivity contribution in [1.82, 2.24) is 23.7 Å². The third-order valence-electron chi connectivity index (χ3n) is 7.38. The molecule has 4 heterocycles. The highest BCUT2D eigenvalue weighted by molar-refractivity contribution is 5.97. The summed E-state index contributed by atoms with van der Waals surface area (Å²) in [6.07, 6.45) is 3.67. The minimum atomic E-state index is -0.0861. The van der Waals surface area contributed by atoms with Gasteiger partial charge >= 0.3 is 0 Å². The molecular weight excluding hydrogens is 464 g/mol. The SMILES string of the molecule is CNc1c(N2CCC[C@H](N)C2)n(Cc2ccccc2)c2c(=O)n(Cc3nc4ccccc4n3C)cnc12. The van der Waals surface area contributed by atoms with Crippen molar-refractivity contribution < 1.29 is 0 Å². The molecule has 6 rings (SSSR count). The molecule has 3 N–H and O–H groups in total. The van der Waals surface area contributed by atoms with Gasteiger partial charge in [0.25, 0.3) is 5.56 Å². The lowest BCUT2D eigenvalue weighted by atomic mass is 10.1. The van der Waals surface area contributed by atoms with E-state index in [1.165, 1.54) is 0 Å². The van der Waals surface area contributed by atoms with Crippen molar-refractivity contribution in [2.24, 2.45) is 12.8 Å². The zero-order chi connectivity index (χ0) is 25.5. The number of nitrogens with one attached hydrogen (secondary N) is 1. The van der Waals surface area contributed by atoms with Crippen LogP contribution in [-0.2, 0) is 20.1 Å². The number of aromatic nitrogens is 5. The number of hydrogen-bond donors (Lipinski definition) is 2. The summed E-state index contributed by atoms with van der Waals surface area (Å²) in [6.45, 7) is 2.53. The number of imidazole rings is 1. The van der Waals surface area contributed by atoms with Crippen molar-refractivity contribution >= 4 is 33.6 Å². The second kappa shape index (κ2) is 9.40. The highest BCUT2D eigenvalue weighted by atomic mass is 16.1. The van der Waals surface area contributed by atoms with Crippen molar-refractivity contribution in [3.8, 4) is 0 Å². The Balaban J connectivity index is 1.53. The Morgan fingerprint density at radius 2 is 1.86 bits per heavy atom. The molecule has 1 fully saturated rings. The first-order chi connectivity index (χ1) is 18.0. The fraction of sp³-hybridized carbons (Fsp3) is 0.321. The first kappa shape index (κ1) is 23.3. The molecule has 2 aromatic carbocycles. The molecular formula is C28H32N8O. The van der Waals surface area contributed by atoms with E-state index >= 15 is 0 Å². The summed E-state index contributed by atoms with van der Waals surface area (Å²) >= 11 is 0. The van der Waals surface area contributed by atoms with E-state index < -0.39 is 0 Å². The van der Waals surface area contributed by atoms with Crippen LogP contribution in [0.5, 0.6) is 0 Å². The van der Waals surface area contributed by atoms with Crippen molar-refractivity contribution in [2.75, 3.05) is 30.4 Å². The number of anilines is 2. The van der Waals surface area contributed by atoms with Gasteiger partial charge < -0.3 is 25.1 Å². The first-order valence-corrected chi connectivity index (χ1v) is 12.8. The molecule has 1 atom stereocenters. The van der Waals surface area contributed by atoms with Crippen molar-refractivity contribution in [2.45, 2.75) is 32.0 Å².